The second-order valence-electron chi connectivity index (χ2n) is 4.71. The van der Waals surface area contributed by atoms with Gasteiger partial charge in [0, 0.05) is 18.5 Å². The molecule has 0 radical (unpaired) electrons. The molecule has 24 heavy (non-hydrogen) atoms. The SMILES string of the molecule is Cl.O=C(O)c1nc2cc(Cn3ccnc3)c([N+](=O)[O-])cc2[nH]c1=O. The number of hydrogen-bond acceptors (Lipinski definition) is 6. The summed E-state index contributed by atoms with van der Waals surface area (Å²) in [6, 6.07) is 2.55. The van der Waals surface area contributed by atoms with Gasteiger partial charge in [0.1, 0.15) is 0 Å². The fourth-order valence-corrected chi connectivity index (χ4v) is 2.18. The Kier molecular flexibility index (Phi) is 4.60. The summed E-state index contributed by atoms with van der Waals surface area (Å²) >= 11 is 0. The zero-order valence-electron chi connectivity index (χ0n) is 11.9. The molecule has 2 aromatic heterocycles. The topological polar surface area (TPSA) is 144 Å². The quantitative estimate of drug-likeness (QED) is 0.530. The summed E-state index contributed by atoms with van der Waals surface area (Å²) in [6.45, 7) is 0.162. The number of nitrogens with zero attached hydrogens (tertiary/aromatic N) is 4. The number of aromatic nitrogens is 4. The van der Waals surface area contributed by atoms with Gasteiger partial charge in [-0.3, -0.25) is 14.9 Å². The van der Waals surface area contributed by atoms with Crippen LogP contribution in [0, 0.1) is 10.1 Å². The summed E-state index contributed by atoms with van der Waals surface area (Å²) in [7, 11) is 0. The Morgan fingerprint density at radius 1 is 1.42 bits per heavy atom. The highest BCUT2D eigenvalue weighted by atomic mass is 35.5. The number of H-pyrrole nitrogens is 1. The van der Waals surface area contributed by atoms with E-state index in [1.165, 1.54) is 24.7 Å². The Morgan fingerprint density at radius 2 is 2.17 bits per heavy atom. The minimum absolute atomic E-state index is 0. The molecule has 0 amide bonds. The molecule has 0 saturated carbocycles. The predicted molar refractivity (Wildman–Crippen MR) is 84.6 cm³/mol. The van der Waals surface area contributed by atoms with Crippen LogP contribution in [0.5, 0.6) is 0 Å². The third-order valence-electron chi connectivity index (χ3n) is 3.20. The van der Waals surface area contributed by atoms with E-state index in [1.807, 2.05) is 0 Å². The van der Waals surface area contributed by atoms with Gasteiger partial charge in [-0.2, -0.15) is 0 Å². The number of carboxylic acids is 1. The molecule has 0 spiro atoms. The Hall–Kier alpha value is -3.27. The maximum atomic E-state index is 11.6. The summed E-state index contributed by atoms with van der Waals surface area (Å²) in [4.78, 5) is 43.2. The molecule has 0 unspecified atom stereocenters. The van der Waals surface area contributed by atoms with Crippen LogP contribution in [0.1, 0.15) is 16.1 Å². The molecule has 0 fully saturated rings. The Labute approximate surface area is 139 Å². The molecule has 3 rings (SSSR count). The van der Waals surface area contributed by atoms with Crippen molar-refractivity contribution in [3.63, 3.8) is 0 Å². The molecule has 10 nitrogen and oxygen atoms in total. The standard InChI is InChI=1S/C13H9N5O5.ClH/c19-12-11(13(20)21)15-8-3-7(5-17-2-1-14-6-17)10(18(22)23)4-9(8)16-12;/h1-4,6H,5H2,(H,16,19)(H,20,21);1H. The minimum atomic E-state index is -1.47. The highest BCUT2D eigenvalue weighted by Crippen LogP contribution is 2.24. The summed E-state index contributed by atoms with van der Waals surface area (Å²) in [5.41, 5.74) is -1.21. The Balaban J connectivity index is 0.00000208. The first-order valence-electron chi connectivity index (χ1n) is 6.36. The van der Waals surface area contributed by atoms with Crippen molar-refractivity contribution < 1.29 is 14.8 Å². The molecule has 0 saturated heterocycles. The van der Waals surface area contributed by atoms with E-state index in [9.17, 15) is 19.7 Å². The third kappa shape index (κ3) is 3.08. The van der Waals surface area contributed by atoms with Crippen molar-refractivity contribution in [3.05, 3.63) is 62.6 Å². The lowest BCUT2D eigenvalue weighted by Gasteiger charge is -2.06. The number of rotatable bonds is 4. The lowest BCUT2D eigenvalue weighted by atomic mass is 10.1. The number of carboxylic acid groups (broad SMARTS) is 1. The number of carbonyl (C=O) groups is 1. The summed E-state index contributed by atoms with van der Waals surface area (Å²) in [5, 5.41) is 20.2. The van der Waals surface area contributed by atoms with Gasteiger partial charge in [0.05, 0.1) is 34.4 Å². The average Bonchev–Trinajstić information content (AvgIpc) is 2.98. The normalized spacial score (nSPS) is 10.3. The average molecular weight is 352 g/mol. The fraction of sp³-hybridized carbons (Fsp3) is 0.0769. The minimum Gasteiger partial charge on any atom is -0.476 e. The fourth-order valence-electron chi connectivity index (χ4n) is 2.18. The predicted octanol–water partition coefficient (Wildman–Crippen LogP) is 1.20. The molecular formula is C13H10ClN5O5. The third-order valence-corrected chi connectivity index (χ3v) is 3.20. The highest BCUT2D eigenvalue weighted by molar-refractivity contribution is 5.88. The van der Waals surface area contributed by atoms with Gasteiger partial charge in [-0.1, -0.05) is 0 Å². The molecule has 0 aliphatic carbocycles. The van der Waals surface area contributed by atoms with Crippen LogP contribution in [0.2, 0.25) is 0 Å². The number of imidazole rings is 1. The molecule has 0 atom stereocenters. The number of fused-ring (bicyclic) bond motifs is 1. The van der Waals surface area contributed by atoms with Crippen LogP contribution in [0.25, 0.3) is 11.0 Å². The lowest BCUT2D eigenvalue weighted by molar-refractivity contribution is -0.385. The Bertz CT molecular complexity index is 982. The number of nitro benzene ring substituents is 1. The smallest absolute Gasteiger partial charge is 0.360 e. The van der Waals surface area contributed by atoms with Gasteiger partial charge in [-0.15, -0.1) is 12.4 Å². The summed E-state index contributed by atoms with van der Waals surface area (Å²) in [5.74, 6) is -1.47. The summed E-state index contributed by atoms with van der Waals surface area (Å²) < 4.78 is 1.62. The molecule has 11 heteroatoms. The van der Waals surface area contributed by atoms with Gasteiger partial charge >= 0.3 is 5.97 Å². The van der Waals surface area contributed by atoms with Crippen molar-refractivity contribution in [3.8, 4) is 0 Å². The number of benzene rings is 1. The number of aromatic amines is 1. The highest BCUT2D eigenvalue weighted by Gasteiger charge is 2.19. The van der Waals surface area contributed by atoms with Crippen molar-refractivity contribution in [2.24, 2.45) is 0 Å². The van der Waals surface area contributed by atoms with E-state index in [-0.39, 0.29) is 35.7 Å². The maximum absolute atomic E-state index is 11.6. The van der Waals surface area contributed by atoms with Crippen molar-refractivity contribution in [1.82, 2.24) is 19.5 Å². The van der Waals surface area contributed by atoms with E-state index in [4.69, 9.17) is 5.11 Å². The molecule has 0 bridgehead atoms. The van der Waals surface area contributed by atoms with E-state index in [0.717, 1.165) is 0 Å². The molecule has 1 aromatic carbocycles. The van der Waals surface area contributed by atoms with Gasteiger partial charge < -0.3 is 14.7 Å². The molecule has 0 aliphatic heterocycles. The van der Waals surface area contributed by atoms with E-state index in [0.29, 0.717) is 5.56 Å². The van der Waals surface area contributed by atoms with Crippen LogP contribution in [0.15, 0.2) is 35.6 Å². The van der Waals surface area contributed by atoms with Crippen molar-refractivity contribution in [1.29, 1.82) is 0 Å². The first kappa shape index (κ1) is 17.1. The van der Waals surface area contributed by atoms with E-state index < -0.39 is 22.1 Å². The van der Waals surface area contributed by atoms with Crippen LogP contribution in [0.3, 0.4) is 0 Å². The monoisotopic (exact) mass is 351 g/mol. The van der Waals surface area contributed by atoms with Crippen LogP contribution in [-0.4, -0.2) is 35.5 Å². The van der Waals surface area contributed by atoms with E-state index in [2.05, 4.69) is 15.0 Å². The number of nitrogens with one attached hydrogen (secondary N) is 1. The van der Waals surface area contributed by atoms with Crippen LogP contribution in [-0.2, 0) is 6.54 Å². The van der Waals surface area contributed by atoms with Crippen molar-refractivity contribution in [2.75, 3.05) is 0 Å². The van der Waals surface area contributed by atoms with Gasteiger partial charge in [0.15, 0.2) is 0 Å². The first-order chi connectivity index (χ1) is 11.0. The second kappa shape index (κ2) is 6.46. The van der Waals surface area contributed by atoms with Crippen molar-refractivity contribution in [2.45, 2.75) is 6.54 Å². The van der Waals surface area contributed by atoms with Crippen LogP contribution in [0.4, 0.5) is 5.69 Å². The molecule has 0 aliphatic rings. The molecule has 2 N–H and O–H groups in total. The van der Waals surface area contributed by atoms with Gasteiger partial charge in [-0.05, 0) is 6.07 Å². The van der Waals surface area contributed by atoms with E-state index >= 15 is 0 Å². The van der Waals surface area contributed by atoms with Crippen LogP contribution < -0.4 is 5.56 Å². The second-order valence-corrected chi connectivity index (χ2v) is 4.71. The van der Waals surface area contributed by atoms with E-state index in [1.54, 1.807) is 10.8 Å². The zero-order chi connectivity index (χ0) is 16.6. The largest absolute Gasteiger partial charge is 0.476 e. The molecule has 2 heterocycles. The zero-order valence-corrected chi connectivity index (χ0v) is 12.7. The Morgan fingerprint density at radius 3 is 2.75 bits per heavy atom. The molecule has 124 valence electrons. The first-order valence-corrected chi connectivity index (χ1v) is 6.36. The lowest BCUT2D eigenvalue weighted by Crippen LogP contribution is -2.20. The van der Waals surface area contributed by atoms with Gasteiger partial charge in [0.2, 0.25) is 5.69 Å². The number of halogens is 1. The number of aromatic carboxylic acids is 1. The van der Waals surface area contributed by atoms with Crippen LogP contribution >= 0.6 is 12.4 Å². The maximum Gasteiger partial charge on any atom is 0.360 e. The number of hydrogen-bond donors (Lipinski definition) is 2. The van der Waals surface area contributed by atoms with Gasteiger partial charge in [-0.25, -0.2) is 14.8 Å². The number of nitro groups is 1. The van der Waals surface area contributed by atoms with Gasteiger partial charge in [0.25, 0.3) is 11.2 Å². The molecular weight excluding hydrogens is 342 g/mol. The summed E-state index contributed by atoms with van der Waals surface area (Å²) in [6.07, 6.45) is 4.67. The molecule has 3 aromatic rings. The van der Waals surface area contributed by atoms with Crippen molar-refractivity contribution >= 4 is 35.1 Å².